The van der Waals surface area contributed by atoms with Crippen molar-refractivity contribution in [3.05, 3.63) is 88.5 Å². The number of aryl methyl sites for hydroxylation is 2. The van der Waals surface area contributed by atoms with E-state index in [9.17, 15) is 9.59 Å². The average Bonchev–Trinajstić information content (AvgIpc) is 2.91. The summed E-state index contributed by atoms with van der Waals surface area (Å²) in [5, 5.41) is 2.94. The number of hydrogen-bond donors (Lipinski definition) is 1. The molecule has 3 heteroatoms. The molecule has 0 atom stereocenters. The van der Waals surface area contributed by atoms with Gasteiger partial charge in [0.05, 0.1) is 0 Å². The van der Waals surface area contributed by atoms with E-state index in [2.05, 4.69) is 5.32 Å². The van der Waals surface area contributed by atoms with Gasteiger partial charge in [-0.05, 0) is 54.3 Å². The van der Waals surface area contributed by atoms with Gasteiger partial charge in [-0.1, -0.05) is 42.5 Å². The number of carbonyl (C=O) groups is 2. The molecule has 0 fully saturated rings. The van der Waals surface area contributed by atoms with Gasteiger partial charge in [0.2, 0.25) is 0 Å². The first-order valence-electron chi connectivity index (χ1n) is 8.21. The van der Waals surface area contributed by atoms with Crippen molar-refractivity contribution in [1.29, 1.82) is 0 Å². The number of amides is 1. The molecule has 0 aromatic heterocycles. The Labute approximate surface area is 146 Å². The fourth-order valence-corrected chi connectivity index (χ4v) is 3.23. The van der Waals surface area contributed by atoms with E-state index in [0.29, 0.717) is 16.7 Å². The molecule has 0 heterocycles. The molecule has 0 saturated carbocycles. The largest absolute Gasteiger partial charge is 0.322 e. The van der Waals surface area contributed by atoms with Gasteiger partial charge in [0, 0.05) is 22.4 Å². The molecule has 1 aliphatic carbocycles. The number of rotatable bonds is 2. The third kappa shape index (κ3) is 2.54. The number of hydrogen-bond acceptors (Lipinski definition) is 2. The van der Waals surface area contributed by atoms with E-state index in [-0.39, 0.29) is 11.7 Å². The number of benzene rings is 3. The highest BCUT2D eigenvalue weighted by Gasteiger charge is 2.27. The molecule has 122 valence electrons. The molecule has 3 nitrogen and oxygen atoms in total. The van der Waals surface area contributed by atoms with Crippen molar-refractivity contribution in [1.82, 2.24) is 0 Å². The molecule has 4 rings (SSSR count). The predicted molar refractivity (Wildman–Crippen MR) is 99.2 cm³/mol. The lowest BCUT2D eigenvalue weighted by Gasteiger charge is -2.10. The first-order chi connectivity index (χ1) is 12.0. The zero-order valence-corrected chi connectivity index (χ0v) is 14.1. The Kier molecular flexibility index (Phi) is 3.50. The summed E-state index contributed by atoms with van der Waals surface area (Å²) in [5.41, 5.74) is 6.48. The van der Waals surface area contributed by atoms with Crippen molar-refractivity contribution >= 4 is 17.4 Å². The molecule has 0 bridgehead atoms. The summed E-state index contributed by atoms with van der Waals surface area (Å²) >= 11 is 0. The van der Waals surface area contributed by atoms with Gasteiger partial charge < -0.3 is 5.32 Å². The van der Waals surface area contributed by atoms with Gasteiger partial charge in [0.1, 0.15) is 0 Å². The van der Waals surface area contributed by atoms with Crippen LogP contribution in [0.3, 0.4) is 0 Å². The predicted octanol–water partition coefficient (Wildman–Crippen LogP) is 4.77. The van der Waals surface area contributed by atoms with Gasteiger partial charge >= 0.3 is 0 Å². The van der Waals surface area contributed by atoms with Crippen molar-refractivity contribution in [2.45, 2.75) is 13.8 Å². The van der Waals surface area contributed by atoms with Gasteiger partial charge in [-0.25, -0.2) is 0 Å². The summed E-state index contributed by atoms with van der Waals surface area (Å²) in [4.78, 5) is 25.2. The quantitative estimate of drug-likeness (QED) is 0.576. The SMILES string of the molecule is Cc1ccc(C)c(NC(=O)c2ccc3c(c2)C(=O)c2ccccc2-3)c1. The van der Waals surface area contributed by atoms with Crippen LogP contribution in [0, 0.1) is 13.8 Å². The lowest BCUT2D eigenvalue weighted by atomic mass is 10.0. The van der Waals surface area contributed by atoms with Crippen LogP contribution >= 0.6 is 0 Å². The average molecular weight is 327 g/mol. The van der Waals surface area contributed by atoms with Crippen molar-refractivity contribution in [2.24, 2.45) is 0 Å². The van der Waals surface area contributed by atoms with E-state index in [1.54, 1.807) is 12.1 Å². The molecule has 3 aromatic rings. The molecule has 1 aliphatic rings. The zero-order valence-electron chi connectivity index (χ0n) is 14.1. The number of anilines is 1. The van der Waals surface area contributed by atoms with E-state index >= 15 is 0 Å². The highest BCUT2D eigenvalue weighted by molar-refractivity contribution is 6.22. The summed E-state index contributed by atoms with van der Waals surface area (Å²) in [7, 11) is 0. The first-order valence-corrected chi connectivity index (χ1v) is 8.21. The summed E-state index contributed by atoms with van der Waals surface area (Å²) in [5.74, 6) is -0.229. The number of ketones is 1. The highest BCUT2D eigenvalue weighted by Crippen LogP contribution is 2.36. The van der Waals surface area contributed by atoms with E-state index in [4.69, 9.17) is 0 Å². The van der Waals surface area contributed by atoms with Crippen molar-refractivity contribution in [3.63, 3.8) is 0 Å². The maximum atomic E-state index is 12.6. The normalized spacial score (nSPS) is 11.8. The lowest BCUT2D eigenvalue weighted by Crippen LogP contribution is -2.13. The fourth-order valence-electron chi connectivity index (χ4n) is 3.23. The minimum Gasteiger partial charge on any atom is -0.322 e. The maximum Gasteiger partial charge on any atom is 0.255 e. The molecule has 1 amide bonds. The van der Waals surface area contributed by atoms with Crippen LogP contribution in [0.2, 0.25) is 0 Å². The Morgan fingerprint density at radius 3 is 2.32 bits per heavy atom. The second-order valence-corrected chi connectivity index (χ2v) is 6.41. The first kappa shape index (κ1) is 15.3. The van der Waals surface area contributed by atoms with Crippen LogP contribution in [0.5, 0.6) is 0 Å². The highest BCUT2D eigenvalue weighted by atomic mass is 16.1. The van der Waals surface area contributed by atoms with Crippen LogP contribution in [0.15, 0.2) is 60.7 Å². The second kappa shape index (κ2) is 5.71. The Bertz CT molecular complexity index is 1030. The topological polar surface area (TPSA) is 46.2 Å². The van der Waals surface area contributed by atoms with Crippen molar-refractivity contribution in [3.8, 4) is 11.1 Å². The summed E-state index contributed by atoms with van der Waals surface area (Å²) < 4.78 is 0. The third-order valence-electron chi connectivity index (χ3n) is 4.63. The number of carbonyl (C=O) groups excluding carboxylic acids is 2. The minimum absolute atomic E-state index is 0.0213. The van der Waals surface area contributed by atoms with Crippen LogP contribution in [0.1, 0.15) is 37.4 Å². The molecular formula is C22H17NO2. The fraction of sp³-hybridized carbons (Fsp3) is 0.0909. The standard InChI is InChI=1S/C22H17NO2/c1-13-7-8-14(2)20(11-13)23-22(25)15-9-10-17-16-5-3-4-6-18(16)21(24)19(17)12-15/h3-12H,1-2H3,(H,23,25). The number of nitrogens with one attached hydrogen (secondary N) is 1. The summed E-state index contributed by atoms with van der Waals surface area (Å²) in [6.45, 7) is 3.94. The Hall–Kier alpha value is -3.20. The van der Waals surface area contributed by atoms with Crippen LogP contribution in [-0.4, -0.2) is 11.7 Å². The molecule has 3 aromatic carbocycles. The van der Waals surface area contributed by atoms with Gasteiger partial charge in [-0.15, -0.1) is 0 Å². The molecule has 25 heavy (non-hydrogen) atoms. The summed E-state index contributed by atoms with van der Waals surface area (Å²) in [6, 6.07) is 18.8. The smallest absolute Gasteiger partial charge is 0.255 e. The molecule has 0 unspecified atom stereocenters. The Morgan fingerprint density at radius 2 is 1.52 bits per heavy atom. The monoisotopic (exact) mass is 327 g/mol. The van der Waals surface area contributed by atoms with Crippen LogP contribution in [0.25, 0.3) is 11.1 Å². The molecule has 0 aliphatic heterocycles. The zero-order chi connectivity index (χ0) is 17.6. The van der Waals surface area contributed by atoms with Crippen LogP contribution in [-0.2, 0) is 0 Å². The minimum atomic E-state index is -0.208. The maximum absolute atomic E-state index is 12.6. The Morgan fingerprint density at radius 1 is 0.800 bits per heavy atom. The summed E-state index contributed by atoms with van der Waals surface area (Å²) in [6.07, 6.45) is 0. The van der Waals surface area contributed by atoms with Crippen molar-refractivity contribution < 1.29 is 9.59 Å². The van der Waals surface area contributed by atoms with Gasteiger partial charge in [-0.2, -0.15) is 0 Å². The molecule has 0 radical (unpaired) electrons. The Balaban J connectivity index is 1.68. The van der Waals surface area contributed by atoms with E-state index < -0.39 is 0 Å². The second-order valence-electron chi connectivity index (χ2n) is 6.41. The molecule has 0 spiro atoms. The van der Waals surface area contributed by atoms with Gasteiger partial charge in [0.25, 0.3) is 5.91 Å². The van der Waals surface area contributed by atoms with Gasteiger partial charge in [0.15, 0.2) is 5.78 Å². The third-order valence-corrected chi connectivity index (χ3v) is 4.63. The van der Waals surface area contributed by atoms with E-state index in [1.807, 2.05) is 62.4 Å². The van der Waals surface area contributed by atoms with Crippen molar-refractivity contribution in [2.75, 3.05) is 5.32 Å². The number of fused-ring (bicyclic) bond motifs is 3. The lowest BCUT2D eigenvalue weighted by molar-refractivity contribution is 0.102. The van der Waals surface area contributed by atoms with E-state index in [1.165, 1.54) is 0 Å². The molecule has 1 N–H and O–H groups in total. The van der Waals surface area contributed by atoms with Crippen LogP contribution < -0.4 is 5.32 Å². The van der Waals surface area contributed by atoms with E-state index in [0.717, 1.165) is 27.9 Å². The molecule has 0 saturated heterocycles. The van der Waals surface area contributed by atoms with Crippen LogP contribution in [0.4, 0.5) is 5.69 Å². The molecular weight excluding hydrogens is 310 g/mol. The van der Waals surface area contributed by atoms with Gasteiger partial charge in [-0.3, -0.25) is 9.59 Å².